The first-order valence-electron chi connectivity index (χ1n) is 8.98. The van der Waals surface area contributed by atoms with Crippen LogP contribution < -0.4 is 0 Å². The minimum Gasteiger partial charge on any atom is -0.299 e. The number of ketones is 1. The molecule has 0 unspecified atom stereocenters. The van der Waals surface area contributed by atoms with E-state index in [4.69, 9.17) is 4.99 Å². The smallest absolute Gasteiger partial charge is 0.140 e. The fourth-order valence-electron chi connectivity index (χ4n) is 3.84. The number of carbonyl (C=O) groups is 1. The van der Waals surface area contributed by atoms with Crippen molar-refractivity contribution in [1.82, 2.24) is 0 Å². The standard InChI is InChI=1S/C22H23NO/c1-15-6-9-17(10-7-15)21-14-19-11-8-16(12-20(19)23-21)13-22(24)18-4-2-3-5-18/h6-12,18H,2-5,13-14H2,1H3. The normalized spacial score (nSPS) is 17.0. The van der Waals surface area contributed by atoms with Crippen LogP contribution in [0.5, 0.6) is 0 Å². The number of hydrogen-bond donors (Lipinski definition) is 0. The van der Waals surface area contributed by atoms with Crippen molar-refractivity contribution >= 4 is 17.2 Å². The van der Waals surface area contributed by atoms with Gasteiger partial charge in [0.15, 0.2) is 0 Å². The van der Waals surface area contributed by atoms with Gasteiger partial charge < -0.3 is 0 Å². The predicted molar refractivity (Wildman–Crippen MR) is 98.2 cm³/mol. The molecule has 0 aromatic heterocycles. The number of nitrogens with zero attached hydrogens (tertiary/aromatic N) is 1. The molecule has 0 atom stereocenters. The molecule has 0 saturated heterocycles. The maximum atomic E-state index is 12.4. The summed E-state index contributed by atoms with van der Waals surface area (Å²) in [5.74, 6) is 0.707. The van der Waals surface area contributed by atoms with Crippen LogP contribution in [0.3, 0.4) is 0 Å². The molecule has 0 radical (unpaired) electrons. The molecule has 1 aliphatic carbocycles. The van der Waals surface area contributed by atoms with Gasteiger partial charge in [0.25, 0.3) is 0 Å². The quantitative estimate of drug-likeness (QED) is 0.782. The number of fused-ring (bicyclic) bond motifs is 1. The highest BCUT2D eigenvalue weighted by Crippen LogP contribution is 2.31. The summed E-state index contributed by atoms with van der Waals surface area (Å²) in [4.78, 5) is 17.2. The molecule has 0 N–H and O–H groups in total. The van der Waals surface area contributed by atoms with Crippen LogP contribution in [-0.4, -0.2) is 11.5 Å². The number of aryl methyl sites for hydroxylation is 1. The molecule has 4 rings (SSSR count). The van der Waals surface area contributed by atoms with Crippen molar-refractivity contribution in [2.24, 2.45) is 10.9 Å². The lowest BCUT2D eigenvalue weighted by molar-refractivity contribution is -0.122. The van der Waals surface area contributed by atoms with Crippen LogP contribution in [0.2, 0.25) is 0 Å². The first-order chi connectivity index (χ1) is 11.7. The number of hydrogen-bond acceptors (Lipinski definition) is 2. The third kappa shape index (κ3) is 3.06. The second kappa shape index (κ2) is 6.35. The number of carbonyl (C=O) groups excluding carboxylic acids is 1. The first-order valence-corrected chi connectivity index (χ1v) is 8.98. The van der Waals surface area contributed by atoms with Crippen LogP contribution in [-0.2, 0) is 17.6 Å². The topological polar surface area (TPSA) is 29.4 Å². The molecule has 0 bridgehead atoms. The van der Waals surface area contributed by atoms with Gasteiger partial charge in [0.05, 0.1) is 11.4 Å². The van der Waals surface area contributed by atoms with Gasteiger partial charge in [-0.3, -0.25) is 9.79 Å². The Bertz CT molecular complexity index is 795. The largest absolute Gasteiger partial charge is 0.299 e. The first kappa shape index (κ1) is 15.3. The number of aliphatic imine (C=N–C) groups is 1. The molecule has 0 spiro atoms. The molecule has 2 nitrogen and oxygen atoms in total. The molecular weight excluding hydrogens is 294 g/mol. The predicted octanol–water partition coefficient (Wildman–Crippen LogP) is 4.97. The number of benzene rings is 2. The molecule has 1 heterocycles. The van der Waals surface area contributed by atoms with Crippen molar-refractivity contribution in [2.45, 2.75) is 45.4 Å². The zero-order valence-corrected chi connectivity index (χ0v) is 14.2. The van der Waals surface area contributed by atoms with Gasteiger partial charge in [-0.25, -0.2) is 0 Å². The summed E-state index contributed by atoms with van der Waals surface area (Å²) in [7, 11) is 0. The Morgan fingerprint density at radius 1 is 1.08 bits per heavy atom. The summed E-state index contributed by atoms with van der Waals surface area (Å²) in [5.41, 5.74) is 7.01. The molecule has 24 heavy (non-hydrogen) atoms. The van der Waals surface area contributed by atoms with E-state index in [0.717, 1.165) is 36.2 Å². The van der Waals surface area contributed by atoms with E-state index in [1.807, 2.05) is 0 Å². The fourth-order valence-corrected chi connectivity index (χ4v) is 3.84. The average molecular weight is 317 g/mol. The van der Waals surface area contributed by atoms with E-state index in [-0.39, 0.29) is 0 Å². The Morgan fingerprint density at radius 3 is 2.58 bits per heavy atom. The Labute approximate surface area is 143 Å². The average Bonchev–Trinajstić information content (AvgIpc) is 3.24. The highest BCUT2D eigenvalue weighted by molar-refractivity contribution is 6.06. The highest BCUT2D eigenvalue weighted by Gasteiger charge is 2.23. The Balaban J connectivity index is 1.52. The molecule has 2 aromatic carbocycles. The fraction of sp³-hybridized carbons (Fsp3) is 0.364. The Morgan fingerprint density at radius 2 is 1.83 bits per heavy atom. The van der Waals surface area contributed by atoms with Gasteiger partial charge in [-0.15, -0.1) is 0 Å². The lowest BCUT2D eigenvalue weighted by atomic mass is 9.95. The molecule has 122 valence electrons. The maximum Gasteiger partial charge on any atom is 0.140 e. The number of Topliss-reactive ketones (excluding diaryl/α,β-unsaturated/α-hetero) is 1. The minimum atomic E-state index is 0.296. The summed E-state index contributed by atoms with van der Waals surface area (Å²) in [6.07, 6.45) is 6.04. The van der Waals surface area contributed by atoms with Crippen LogP contribution in [0.25, 0.3) is 0 Å². The van der Waals surface area contributed by atoms with E-state index in [0.29, 0.717) is 18.1 Å². The summed E-state index contributed by atoms with van der Waals surface area (Å²) < 4.78 is 0. The second-order valence-corrected chi connectivity index (χ2v) is 7.19. The lowest BCUT2D eigenvalue weighted by Gasteiger charge is -2.08. The van der Waals surface area contributed by atoms with E-state index < -0.39 is 0 Å². The van der Waals surface area contributed by atoms with Crippen LogP contribution in [0.1, 0.15) is 47.9 Å². The van der Waals surface area contributed by atoms with E-state index >= 15 is 0 Å². The van der Waals surface area contributed by atoms with Crippen molar-refractivity contribution in [3.8, 4) is 0 Å². The molecule has 2 aromatic rings. The Hall–Kier alpha value is -2.22. The third-order valence-corrected chi connectivity index (χ3v) is 5.34. The van der Waals surface area contributed by atoms with Crippen LogP contribution >= 0.6 is 0 Å². The Kier molecular flexibility index (Phi) is 4.05. The minimum absolute atomic E-state index is 0.296. The third-order valence-electron chi connectivity index (χ3n) is 5.34. The zero-order chi connectivity index (χ0) is 16.5. The SMILES string of the molecule is Cc1ccc(C2=Nc3cc(CC(=O)C4CCCC4)ccc3C2)cc1. The van der Waals surface area contributed by atoms with Gasteiger partial charge in [-0.05, 0) is 42.5 Å². The van der Waals surface area contributed by atoms with Crippen molar-refractivity contribution < 1.29 is 4.79 Å². The second-order valence-electron chi connectivity index (χ2n) is 7.19. The van der Waals surface area contributed by atoms with E-state index in [1.54, 1.807) is 0 Å². The lowest BCUT2D eigenvalue weighted by Crippen LogP contribution is -2.13. The summed E-state index contributed by atoms with van der Waals surface area (Å²) >= 11 is 0. The van der Waals surface area contributed by atoms with Crippen LogP contribution in [0, 0.1) is 12.8 Å². The van der Waals surface area contributed by atoms with E-state index in [2.05, 4.69) is 49.4 Å². The monoisotopic (exact) mass is 317 g/mol. The zero-order valence-electron chi connectivity index (χ0n) is 14.2. The molecule has 1 fully saturated rings. The molecule has 0 amide bonds. The van der Waals surface area contributed by atoms with Gasteiger partial charge in [0.2, 0.25) is 0 Å². The van der Waals surface area contributed by atoms with E-state index in [9.17, 15) is 4.79 Å². The molecule has 1 saturated carbocycles. The molecular formula is C22H23NO. The highest BCUT2D eigenvalue weighted by atomic mass is 16.1. The van der Waals surface area contributed by atoms with Crippen molar-refractivity contribution in [3.63, 3.8) is 0 Å². The van der Waals surface area contributed by atoms with Crippen LogP contribution in [0.15, 0.2) is 47.5 Å². The van der Waals surface area contributed by atoms with Crippen molar-refractivity contribution in [3.05, 3.63) is 64.7 Å². The summed E-state index contributed by atoms with van der Waals surface area (Å²) in [6, 6.07) is 14.9. The van der Waals surface area contributed by atoms with Crippen LogP contribution in [0.4, 0.5) is 5.69 Å². The van der Waals surface area contributed by atoms with Gasteiger partial charge in [-0.2, -0.15) is 0 Å². The van der Waals surface area contributed by atoms with E-state index in [1.165, 1.54) is 29.5 Å². The summed E-state index contributed by atoms with van der Waals surface area (Å²) in [5, 5.41) is 0. The van der Waals surface area contributed by atoms with Crippen molar-refractivity contribution in [2.75, 3.05) is 0 Å². The van der Waals surface area contributed by atoms with Gasteiger partial charge in [-0.1, -0.05) is 54.8 Å². The van der Waals surface area contributed by atoms with Gasteiger partial charge in [0, 0.05) is 18.8 Å². The molecule has 2 heteroatoms. The van der Waals surface area contributed by atoms with Gasteiger partial charge >= 0.3 is 0 Å². The maximum absolute atomic E-state index is 12.4. The number of rotatable bonds is 4. The molecule has 2 aliphatic rings. The van der Waals surface area contributed by atoms with Crippen molar-refractivity contribution in [1.29, 1.82) is 0 Å². The molecule has 1 aliphatic heterocycles. The summed E-state index contributed by atoms with van der Waals surface area (Å²) in [6.45, 7) is 2.10. The van der Waals surface area contributed by atoms with Gasteiger partial charge in [0.1, 0.15) is 5.78 Å².